The summed E-state index contributed by atoms with van der Waals surface area (Å²) in [6, 6.07) is 1.43. The van der Waals surface area contributed by atoms with Gasteiger partial charge in [0.25, 0.3) is 0 Å². The maximum atomic E-state index is 11.4. The number of nitrogens with zero attached hydrogens (tertiary/aromatic N) is 1. The van der Waals surface area contributed by atoms with Gasteiger partial charge in [-0.05, 0) is 13.1 Å². The fourth-order valence-electron chi connectivity index (χ4n) is 0.972. The first-order valence-corrected chi connectivity index (χ1v) is 6.07. The maximum Gasteiger partial charge on any atom is 0.241 e. The highest BCUT2D eigenvalue weighted by molar-refractivity contribution is 7.89. The Bertz CT molecular complexity index is 514. The fraction of sp³-hybridized carbons (Fsp3) is 0.300. The van der Waals surface area contributed by atoms with Crippen LogP contribution in [0.15, 0.2) is 23.4 Å². The van der Waals surface area contributed by atoms with Crippen LogP contribution in [0.2, 0.25) is 0 Å². The molecule has 0 amide bonds. The number of aliphatic hydroxyl groups excluding tert-OH is 1. The summed E-state index contributed by atoms with van der Waals surface area (Å²) >= 11 is 0. The van der Waals surface area contributed by atoms with Crippen LogP contribution < -0.4 is 4.72 Å². The zero-order valence-corrected chi connectivity index (χ0v) is 9.58. The molecule has 0 aromatic carbocycles. The van der Waals surface area contributed by atoms with Crippen molar-refractivity contribution in [3.8, 4) is 11.8 Å². The number of hydrogen-bond donors (Lipinski definition) is 2. The second-order valence-corrected chi connectivity index (χ2v) is 4.78. The number of aromatic nitrogens is 1. The van der Waals surface area contributed by atoms with Gasteiger partial charge >= 0.3 is 0 Å². The number of sulfonamides is 1. The lowest BCUT2D eigenvalue weighted by Gasteiger charge is -2.01. The van der Waals surface area contributed by atoms with Gasteiger partial charge in [0.2, 0.25) is 10.0 Å². The van der Waals surface area contributed by atoms with Crippen molar-refractivity contribution >= 4 is 10.0 Å². The molecule has 0 aliphatic carbocycles. The summed E-state index contributed by atoms with van der Waals surface area (Å²) in [5, 5.41) is 8.54. The monoisotopic (exact) mass is 240 g/mol. The molecule has 1 aromatic heterocycles. The van der Waals surface area contributed by atoms with Crippen molar-refractivity contribution in [1.29, 1.82) is 0 Å². The van der Waals surface area contributed by atoms with E-state index in [1.54, 1.807) is 0 Å². The Morgan fingerprint density at radius 1 is 1.50 bits per heavy atom. The number of rotatable bonds is 3. The van der Waals surface area contributed by atoms with Crippen LogP contribution in [0.4, 0.5) is 0 Å². The lowest BCUT2D eigenvalue weighted by Crippen LogP contribution is -2.18. The van der Waals surface area contributed by atoms with Crippen LogP contribution in [0, 0.1) is 11.8 Å². The molecule has 1 aromatic rings. The van der Waals surface area contributed by atoms with Crippen LogP contribution in [0.1, 0.15) is 12.0 Å². The molecule has 1 heterocycles. The molecule has 0 saturated heterocycles. The molecule has 0 spiro atoms. The summed E-state index contributed by atoms with van der Waals surface area (Å²) in [5.41, 5.74) is 0.504. The molecular weight excluding hydrogens is 228 g/mol. The minimum absolute atomic E-state index is 0.0189. The van der Waals surface area contributed by atoms with Gasteiger partial charge in [-0.25, -0.2) is 13.1 Å². The lowest BCUT2D eigenvalue weighted by molar-refractivity contribution is 0.305. The largest absolute Gasteiger partial charge is 0.395 e. The van der Waals surface area contributed by atoms with Crippen LogP contribution in [0.25, 0.3) is 0 Å². The van der Waals surface area contributed by atoms with Crippen molar-refractivity contribution in [2.24, 2.45) is 0 Å². The van der Waals surface area contributed by atoms with E-state index in [0.717, 1.165) is 0 Å². The lowest BCUT2D eigenvalue weighted by atomic mass is 10.3. The average Bonchev–Trinajstić information content (AvgIpc) is 2.30. The number of pyridine rings is 1. The summed E-state index contributed by atoms with van der Waals surface area (Å²) in [7, 11) is -2.15. The Morgan fingerprint density at radius 3 is 2.88 bits per heavy atom. The first kappa shape index (κ1) is 12.6. The highest BCUT2D eigenvalue weighted by atomic mass is 32.2. The van der Waals surface area contributed by atoms with Gasteiger partial charge in [0.05, 0.1) is 6.61 Å². The van der Waals surface area contributed by atoms with Gasteiger partial charge in [-0.15, -0.1) is 0 Å². The third kappa shape index (κ3) is 3.31. The van der Waals surface area contributed by atoms with E-state index in [4.69, 9.17) is 5.11 Å². The molecule has 0 bridgehead atoms. The zero-order valence-electron chi connectivity index (χ0n) is 8.77. The van der Waals surface area contributed by atoms with Gasteiger partial charge in [0.1, 0.15) is 4.90 Å². The fourth-order valence-corrected chi connectivity index (χ4v) is 1.69. The van der Waals surface area contributed by atoms with Crippen LogP contribution in [-0.2, 0) is 10.0 Å². The van der Waals surface area contributed by atoms with Gasteiger partial charge in [0, 0.05) is 24.4 Å². The van der Waals surface area contributed by atoms with Crippen molar-refractivity contribution < 1.29 is 13.5 Å². The number of aliphatic hydroxyl groups is 1. The third-order valence-corrected chi connectivity index (χ3v) is 3.14. The molecule has 0 fully saturated rings. The van der Waals surface area contributed by atoms with Crippen LogP contribution in [-0.4, -0.2) is 32.2 Å². The number of nitrogens with one attached hydrogen (secondary N) is 1. The molecule has 0 atom stereocenters. The molecule has 5 nitrogen and oxygen atoms in total. The van der Waals surface area contributed by atoms with Crippen molar-refractivity contribution in [2.45, 2.75) is 11.3 Å². The Labute approximate surface area is 94.6 Å². The van der Waals surface area contributed by atoms with E-state index in [1.807, 2.05) is 0 Å². The van der Waals surface area contributed by atoms with E-state index in [-0.39, 0.29) is 11.5 Å². The Balaban J connectivity index is 3.02. The zero-order chi connectivity index (χ0) is 12.0. The van der Waals surface area contributed by atoms with Gasteiger partial charge in [-0.2, -0.15) is 0 Å². The molecule has 86 valence electrons. The van der Waals surface area contributed by atoms with Gasteiger partial charge in [-0.1, -0.05) is 11.8 Å². The quantitative estimate of drug-likeness (QED) is 0.712. The first-order chi connectivity index (χ1) is 7.60. The average molecular weight is 240 g/mol. The molecule has 1 rings (SSSR count). The predicted octanol–water partition coefficient (Wildman–Crippen LogP) is -0.276. The van der Waals surface area contributed by atoms with Crippen LogP contribution in [0.3, 0.4) is 0 Å². The molecule has 2 N–H and O–H groups in total. The van der Waals surface area contributed by atoms with Crippen molar-refractivity contribution in [2.75, 3.05) is 13.7 Å². The van der Waals surface area contributed by atoms with Crippen LogP contribution >= 0.6 is 0 Å². The van der Waals surface area contributed by atoms with E-state index in [9.17, 15) is 8.42 Å². The minimum atomic E-state index is -3.48. The molecule has 6 heteroatoms. The summed E-state index contributed by atoms with van der Waals surface area (Å²) in [6.45, 7) is -0.0189. The Kier molecular flexibility index (Phi) is 4.43. The molecule has 0 saturated carbocycles. The topological polar surface area (TPSA) is 79.3 Å². The van der Waals surface area contributed by atoms with E-state index >= 15 is 0 Å². The first-order valence-electron chi connectivity index (χ1n) is 4.58. The van der Waals surface area contributed by atoms with Crippen molar-refractivity contribution in [1.82, 2.24) is 9.71 Å². The second kappa shape index (κ2) is 5.61. The van der Waals surface area contributed by atoms with E-state index in [0.29, 0.717) is 12.0 Å². The summed E-state index contributed by atoms with van der Waals surface area (Å²) < 4.78 is 25.1. The predicted molar refractivity (Wildman–Crippen MR) is 59.1 cm³/mol. The standard InChI is InChI=1S/C10H12N2O3S/c1-11-16(14,15)10-6-9(7-12-8-10)4-2-3-5-13/h6-8,11,13H,3,5H2,1H3. The summed E-state index contributed by atoms with van der Waals surface area (Å²) in [5.74, 6) is 5.41. The van der Waals surface area contributed by atoms with E-state index in [2.05, 4.69) is 21.5 Å². The van der Waals surface area contributed by atoms with Gasteiger partial charge in [-0.3, -0.25) is 4.98 Å². The smallest absolute Gasteiger partial charge is 0.241 e. The van der Waals surface area contributed by atoms with Gasteiger partial charge in [0.15, 0.2) is 0 Å². The summed E-state index contributed by atoms with van der Waals surface area (Å²) in [4.78, 5) is 3.87. The van der Waals surface area contributed by atoms with Crippen LogP contribution in [0.5, 0.6) is 0 Å². The Hall–Kier alpha value is -1.42. The highest BCUT2D eigenvalue weighted by Gasteiger charge is 2.11. The maximum absolute atomic E-state index is 11.4. The third-order valence-electron chi connectivity index (χ3n) is 1.76. The number of hydrogen-bond acceptors (Lipinski definition) is 4. The Morgan fingerprint density at radius 2 is 2.25 bits per heavy atom. The molecule has 0 aliphatic heterocycles. The van der Waals surface area contributed by atoms with E-state index in [1.165, 1.54) is 25.5 Å². The van der Waals surface area contributed by atoms with Crippen molar-refractivity contribution in [3.05, 3.63) is 24.0 Å². The molecular formula is C10H12N2O3S. The van der Waals surface area contributed by atoms with E-state index < -0.39 is 10.0 Å². The summed E-state index contributed by atoms with van der Waals surface area (Å²) in [6.07, 6.45) is 3.07. The normalized spacial score (nSPS) is 10.6. The SMILES string of the molecule is CNS(=O)(=O)c1cncc(C#CCCO)c1. The molecule has 0 radical (unpaired) electrons. The minimum Gasteiger partial charge on any atom is -0.395 e. The van der Waals surface area contributed by atoms with Gasteiger partial charge < -0.3 is 5.11 Å². The molecule has 0 aliphatic rings. The molecule has 16 heavy (non-hydrogen) atoms. The highest BCUT2D eigenvalue weighted by Crippen LogP contribution is 2.07. The molecule has 0 unspecified atom stereocenters. The van der Waals surface area contributed by atoms with Crippen molar-refractivity contribution in [3.63, 3.8) is 0 Å². The second-order valence-electron chi connectivity index (χ2n) is 2.89.